The lowest BCUT2D eigenvalue weighted by Gasteiger charge is -2.44. The number of hydrogen-bond acceptors (Lipinski definition) is 5. The van der Waals surface area contributed by atoms with E-state index in [2.05, 4.69) is 26.9 Å². The van der Waals surface area contributed by atoms with Crippen molar-refractivity contribution in [1.29, 1.82) is 0 Å². The Morgan fingerprint density at radius 1 is 1.19 bits per heavy atom. The van der Waals surface area contributed by atoms with Crippen molar-refractivity contribution in [3.63, 3.8) is 0 Å². The van der Waals surface area contributed by atoms with E-state index in [1.807, 2.05) is 36.9 Å². The number of ether oxygens (including phenoxy) is 1. The van der Waals surface area contributed by atoms with Crippen molar-refractivity contribution in [2.24, 2.45) is 5.41 Å². The minimum absolute atomic E-state index is 0.0102. The Morgan fingerprint density at radius 3 is 2.65 bits per heavy atom. The molecule has 166 valence electrons. The van der Waals surface area contributed by atoms with Crippen LogP contribution in [0.4, 0.5) is 0 Å². The molecule has 7 heteroatoms. The Labute approximate surface area is 195 Å². The summed E-state index contributed by atoms with van der Waals surface area (Å²) in [6.07, 6.45) is 4.70. The lowest BCUT2D eigenvalue weighted by atomic mass is 9.74. The lowest BCUT2D eigenvalue weighted by molar-refractivity contribution is -0.154. The third kappa shape index (κ3) is 3.83. The number of piperidine rings is 2. The Hall–Kier alpha value is -1.44. The quantitative estimate of drug-likeness (QED) is 0.535. The molecule has 0 bridgehead atoms. The van der Waals surface area contributed by atoms with Crippen LogP contribution >= 0.6 is 27.3 Å². The monoisotopic (exact) mass is 504 g/mol. The van der Waals surface area contributed by atoms with Gasteiger partial charge in [0.15, 0.2) is 0 Å². The molecule has 3 aliphatic heterocycles. The average molecular weight is 505 g/mol. The molecule has 1 aromatic heterocycles. The van der Waals surface area contributed by atoms with E-state index in [1.165, 1.54) is 0 Å². The molecule has 5 rings (SSSR count). The predicted molar refractivity (Wildman–Crippen MR) is 126 cm³/mol. The SMILES string of the molecule is CC1(C)CC2(CCCN(C3CCN(C(=O)c4c(Br)sc5ccccc45)CC3)C2)C(=O)O1. The van der Waals surface area contributed by atoms with E-state index in [1.54, 1.807) is 11.3 Å². The van der Waals surface area contributed by atoms with Crippen LogP contribution in [0.2, 0.25) is 0 Å². The third-order valence-corrected chi connectivity index (χ3v) is 9.05. The third-order valence-electron chi connectivity index (χ3n) is 7.21. The number of thiophene rings is 1. The maximum atomic E-state index is 13.3. The molecule has 1 amide bonds. The zero-order valence-corrected chi connectivity index (χ0v) is 20.6. The lowest BCUT2D eigenvalue weighted by Crippen LogP contribution is -2.53. The molecular formula is C24H29BrN2O3S. The van der Waals surface area contributed by atoms with Crippen molar-refractivity contribution in [3.05, 3.63) is 33.6 Å². The van der Waals surface area contributed by atoms with Gasteiger partial charge in [0.25, 0.3) is 5.91 Å². The van der Waals surface area contributed by atoms with Gasteiger partial charge in [0.1, 0.15) is 5.60 Å². The number of benzene rings is 1. The number of likely N-dealkylation sites (tertiary alicyclic amines) is 2. The van der Waals surface area contributed by atoms with Crippen LogP contribution in [0.15, 0.2) is 28.1 Å². The van der Waals surface area contributed by atoms with Gasteiger partial charge in [0.05, 0.1) is 14.8 Å². The molecular weight excluding hydrogens is 476 g/mol. The number of rotatable bonds is 2. The highest BCUT2D eigenvalue weighted by atomic mass is 79.9. The molecule has 1 aromatic carbocycles. The summed E-state index contributed by atoms with van der Waals surface area (Å²) in [5.41, 5.74) is 0.105. The molecule has 1 unspecified atom stereocenters. The molecule has 5 nitrogen and oxygen atoms in total. The van der Waals surface area contributed by atoms with E-state index in [9.17, 15) is 9.59 Å². The highest BCUT2D eigenvalue weighted by Crippen LogP contribution is 2.47. The van der Waals surface area contributed by atoms with Gasteiger partial charge in [0.2, 0.25) is 0 Å². The first-order valence-corrected chi connectivity index (χ1v) is 12.8. The van der Waals surface area contributed by atoms with Gasteiger partial charge in [-0.25, -0.2) is 0 Å². The van der Waals surface area contributed by atoms with Gasteiger partial charge in [-0.2, -0.15) is 0 Å². The Kier molecular flexibility index (Phi) is 5.42. The maximum Gasteiger partial charge on any atom is 0.314 e. The zero-order chi connectivity index (χ0) is 21.8. The highest BCUT2D eigenvalue weighted by Gasteiger charge is 2.54. The number of amides is 1. The highest BCUT2D eigenvalue weighted by molar-refractivity contribution is 9.11. The summed E-state index contributed by atoms with van der Waals surface area (Å²) in [6.45, 7) is 7.41. The van der Waals surface area contributed by atoms with Crippen molar-refractivity contribution in [2.75, 3.05) is 26.2 Å². The first kappa shape index (κ1) is 21.4. The molecule has 31 heavy (non-hydrogen) atoms. The Balaban J connectivity index is 1.26. The molecule has 0 saturated carbocycles. The van der Waals surface area contributed by atoms with E-state index in [0.717, 1.165) is 77.7 Å². The largest absolute Gasteiger partial charge is 0.459 e. The second-order valence-electron chi connectivity index (χ2n) is 9.95. The topological polar surface area (TPSA) is 49.9 Å². The number of fused-ring (bicyclic) bond motifs is 1. The minimum atomic E-state index is -0.355. The fourth-order valence-electron chi connectivity index (χ4n) is 5.88. The van der Waals surface area contributed by atoms with Gasteiger partial charge < -0.3 is 9.64 Å². The molecule has 4 heterocycles. The number of halogens is 1. The summed E-state index contributed by atoms with van der Waals surface area (Å²) in [4.78, 5) is 30.5. The Morgan fingerprint density at radius 2 is 1.94 bits per heavy atom. The maximum absolute atomic E-state index is 13.3. The van der Waals surface area contributed by atoms with Crippen molar-refractivity contribution < 1.29 is 14.3 Å². The van der Waals surface area contributed by atoms with Gasteiger partial charge in [-0.1, -0.05) is 18.2 Å². The van der Waals surface area contributed by atoms with Crippen LogP contribution in [0.3, 0.4) is 0 Å². The number of cyclic esters (lactones) is 1. The summed E-state index contributed by atoms with van der Waals surface area (Å²) in [5.74, 6) is 0.114. The first-order chi connectivity index (χ1) is 14.8. The van der Waals surface area contributed by atoms with Crippen LogP contribution < -0.4 is 0 Å². The molecule has 1 spiro atoms. The normalized spacial score (nSPS) is 27.2. The standard InChI is InChI=1S/C24H29BrN2O3S/c1-23(2)14-24(22(29)30-23)10-5-11-27(15-24)16-8-12-26(13-9-16)21(28)19-17-6-3-4-7-18(17)31-20(19)25/h3-4,6-7,16H,5,8-15H2,1-2H3. The molecule has 1 atom stereocenters. The van der Waals surface area contributed by atoms with Crippen LogP contribution in [0.25, 0.3) is 10.1 Å². The number of hydrogen-bond donors (Lipinski definition) is 0. The van der Waals surface area contributed by atoms with E-state index in [-0.39, 0.29) is 22.9 Å². The number of carbonyl (C=O) groups is 2. The van der Waals surface area contributed by atoms with Gasteiger partial charge >= 0.3 is 5.97 Å². The van der Waals surface area contributed by atoms with Crippen molar-refractivity contribution in [1.82, 2.24) is 9.80 Å². The first-order valence-electron chi connectivity index (χ1n) is 11.2. The smallest absolute Gasteiger partial charge is 0.314 e. The summed E-state index contributed by atoms with van der Waals surface area (Å²) < 4.78 is 7.75. The second kappa shape index (κ2) is 7.85. The average Bonchev–Trinajstić information content (AvgIpc) is 3.19. The van der Waals surface area contributed by atoms with E-state index >= 15 is 0 Å². The van der Waals surface area contributed by atoms with E-state index in [4.69, 9.17) is 4.74 Å². The summed E-state index contributed by atoms with van der Waals surface area (Å²) >= 11 is 5.24. The number of carbonyl (C=O) groups excluding carboxylic acids is 2. The molecule has 3 fully saturated rings. The van der Waals surface area contributed by atoms with Crippen molar-refractivity contribution in [2.45, 2.75) is 57.6 Å². The zero-order valence-electron chi connectivity index (χ0n) is 18.2. The fourth-order valence-corrected chi connectivity index (χ4v) is 7.70. The summed E-state index contributed by atoms with van der Waals surface area (Å²) in [7, 11) is 0. The number of nitrogens with zero attached hydrogens (tertiary/aromatic N) is 2. The van der Waals surface area contributed by atoms with E-state index in [0.29, 0.717) is 6.04 Å². The summed E-state index contributed by atoms with van der Waals surface area (Å²) in [6, 6.07) is 8.53. The van der Waals surface area contributed by atoms with Crippen LogP contribution in [0.1, 0.15) is 56.3 Å². The molecule has 0 radical (unpaired) electrons. The second-order valence-corrected chi connectivity index (χ2v) is 12.3. The van der Waals surface area contributed by atoms with Crippen LogP contribution in [0.5, 0.6) is 0 Å². The van der Waals surface area contributed by atoms with Gasteiger partial charge in [-0.3, -0.25) is 14.5 Å². The van der Waals surface area contributed by atoms with Gasteiger partial charge in [0, 0.05) is 42.2 Å². The summed E-state index contributed by atoms with van der Waals surface area (Å²) in [5, 5.41) is 1.03. The molecule has 3 saturated heterocycles. The minimum Gasteiger partial charge on any atom is -0.459 e. The predicted octanol–water partition coefficient (Wildman–Crippen LogP) is 5.08. The van der Waals surface area contributed by atoms with E-state index < -0.39 is 0 Å². The van der Waals surface area contributed by atoms with Crippen LogP contribution in [-0.2, 0) is 9.53 Å². The van der Waals surface area contributed by atoms with Crippen molar-refractivity contribution in [3.8, 4) is 0 Å². The van der Waals surface area contributed by atoms with Crippen LogP contribution in [0, 0.1) is 5.41 Å². The van der Waals surface area contributed by atoms with Crippen molar-refractivity contribution >= 4 is 49.2 Å². The molecule has 0 aliphatic carbocycles. The number of esters is 1. The molecule has 0 N–H and O–H groups in total. The fraction of sp³-hybridized carbons (Fsp3) is 0.583. The van der Waals surface area contributed by atoms with Gasteiger partial charge in [-0.05, 0) is 68.1 Å². The van der Waals surface area contributed by atoms with Crippen LogP contribution in [-0.4, -0.2) is 59.5 Å². The Bertz CT molecular complexity index is 1030. The molecule has 2 aromatic rings. The van der Waals surface area contributed by atoms with Gasteiger partial charge in [-0.15, -0.1) is 11.3 Å². The molecule has 3 aliphatic rings.